The summed E-state index contributed by atoms with van der Waals surface area (Å²) in [5, 5.41) is 7.67. The van der Waals surface area contributed by atoms with Gasteiger partial charge in [0.2, 0.25) is 5.95 Å². The van der Waals surface area contributed by atoms with Crippen molar-refractivity contribution in [2.45, 2.75) is 19.9 Å². The van der Waals surface area contributed by atoms with Gasteiger partial charge < -0.3 is 11.1 Å². The molecule has 0 aliphatic rings. The van der Waals surface area contributed by atoms with Crippen LogP contribution in [0, 0.1) is 6.92 Å². The molecule has 1 aromatic carbocycles. The van der Waals surface area contributed by atoms with Crippen molar-refractivity contribution < 1.29 is 0 Å². The Hall–Kier alpha value is -2.40. The first kappa shape index (κ1) is 13.6. The predicted octanol–water partition coefficient (Wildman–Crippen LogP) is 2.15. The summed E-state index contributed by atoms with van der Waals surface area (Å²) in [7, 11) is 0. The fourth-order valence-electron chi connectivity index (χ4n) is 2.29. The van der Waals surface area contributed by atoms with Crippen LogP contribution < -0.4 is 11.1 Å². The van der Waals surface area contributed by atoms with Crippen LogP contribution in [0.3, 0.4) is 0 Å². The van der Waals surface area contributed by atoms with E-state index in [2.05, 4.69) is 39.7 Å². The quantitative estimate of drug-likeness (QED) is 0.752. The molecule has 0 aliphatic heterocycles. The fraction of sp³-hybridized carbons (Fsp3) is 0.250. The van der Waals surface area contributed by atoms with Crippen LogP contribution >= 0.6 is 0 Å². The van der Waals surface area contributed by atoms with E-state index in [1.165, 1.54) is 11.1 Å². The smallest absolute Gasteiger partial charge is 0.243 e. The van der Waals surface area contributed by atoms with E-state index in [1.54, 1.807) is 4.52 Å². The zero-order valence-electron chi connectivity index (χ0n) is 12.1. The Kier molecular flexibility index (Phi) is 3.83. The van der Waals surface area contributed by atoms with Crippen molar-refractivity contribution in [2.24, 2.45) is 5.73 Å². The van der Waals surface area contributed by atoms with Crippen LogP contribution in [0.4, 0.5) is 5.95 Å². The summed E-state index contributed by atoms with van der Waals surface area (Å²) < 4.78 is 1.79. The van der Waals surface area contributed by atoms with Crippen LogP contribution in [0.2, 0.25) is 0 Å². The van der Waals surface area contributed by atoms with Crippen molar-refractivity contribution >= 4 is 11.6 Å². The third-order valence-electron chi connectivity index (χ3n) is 3.46. The van der Waals surface area contributed by atoms with Gasteiger partial charge in [-0.15, -0.1) is 5.10 Å². The molecule has 5 heteroatoms. The maximum atomic E-state index is 5.55. The molecular formula is C16H19N5. The number of aryl methyl sites for hydroxylation is 1. The molecule has 0 radical (unpaired) electrons. The van der Waals surface area contributed by atoms with E-state index in [0.29, 0.717) is 19.0 Å². The second-order valence-corrected chi connectivity index (χ2v) is 5.10. The Morgan fingerprint density at radius 1 is 1.14 bits per heavy atom. The predicted molar refractivity (Wildman–Crippen MR) is 84.3 cm³/mol. The molecule has 0 fully saturated rings. The van der Waals surface area contributed by atoms with Crippen LogP contribution in [0.5, 0.6) is 0 Å². The normalized spacial score (nSPS) is 11.0. The minimum Gasteiger partial charge on any atom is -0.349 e. The van der Waals surface area contributed by atoms with Crippen molar-refractivity contribution in [3.8, 4) is 0 Å². The van der Waals surface area contributed by atoms with E-state index < -0.39 is 0 Å². The van der Waals surface area contributed by atoms with Crippen molar-refractivity contribution in [3.63, 3.8) is 0 Å². The lowest BCUT2D eigenvalue weighted by Gasteiger charge is -2.04. The molecule has 0 spiro atoms. The maximum Gasteiger partial charge on any atom is 0.243 e. The van der Waals surface area contributed by atoms with Gasteiger partial charge in [0, 0.05) is 12.7 Å². The van der Waals surface area contributed by atoms with Gasteiger partial charge in [-0.3, -0.25) is 0 Å². The monoisotopic (exact) mass is 281 g/mol. The lowest BCUT2D eigenvalue weighted by atomic mass is 10.1. The molecule has 5 nitrogen and oxygen atoms in total. The number of hydrogen-bond donors (Lipinski definition) is 2. The van der Waals surface area contributed by atoms with Crippen molar-refractivity contribution in [1.29, 1.82) is 0 Å². The van der Waals surface area contributed by atoms with Gasteiger partial charge in [-0.1, -0.05) is 30.3 Å². The molecule has 2 aromatic heterocycles. The summed E-state index contributed by atoms with van der Waals surface area (Å²) in [5.74, 6) is 0.648. The Morgan fingerprint density at radius 2 is 1.90 bits per heavy atom. The van der Waals surface area contributed by atoms with Gasteiger partial charge in [-0.05, 0) is 42.6 Å². The van der Waals surface area contributed by atoms with E-state index >= 15 is 0 Å². The van der Waals surface area contributed by atoms with E-state index in [0.717, 1.165) is 17.6 Å². The standard InChI is InChI=1S/C16H19N5/c1-12-3-2-10-21-15(12)19-16(20-21)18-11-14-6-4-13(5-7-14)8-9-17/h2-7,10H,8-9,11,17H2,1H3,(H,18,20). The average Bonchev–Trinajstić information content (AvgIpc) is 2.91. The molecule has 0 amide bonds. The van der Waals surface area contributed by atoms with Gasteiger partial charge in [-0.2, -0.15) is 4.98 Å². The third kappa shape index (κ3) is 3.03. The maximum absolute atomic E-state index is 5.55. The molecule has 0 unspecified atom stereocenters. The van der Waals surface area contributed by atoms with E-state index in [-0.39, 0.29) is 0 Å². The Morgan fingerprint density at radius 3 is 2.62 bits per heavy atom. The molecule has 108 valence electrons. The molecule has 2 heterocycles. The first-order chi connectivity index (χ1) is 10.3. The largest absolute Gasteiger partial charge is 0.349 e. The van der Waals surface area contributed by atoms with Gasteiger partial charge >= 0.3 is 0 Å². The number of hydrogen-bond acceptors (Lipinski definition) is 4. The molecule has 0 saturated carbocycles. The molecule has 3 N–H and O–H groups in total. The summed E-state index contributed by atoms with van der Waals surface area (Å²) in [6, 6.07) is 12.5. The average molecular weight is 281 g/mol. The summed E-state index contributed by atoms with van der Waals surface area (Å²) in [6.45, 7) is 3.42. The molecule has 0 bridgehead atoms. The fourth-order valence-corrected chi connectivity index (χ4v) is 2.29. The molecule has 0 saturated heterocycles. The summed E-state index contributed by atoms with van der Waals surface area (Å²) in [6.07, 6.45) is 2.82. The zero-order valence-corrected chi connectivity index (χ0v) is 12.1. The Balaban J connectivity index is 1.69. The van der Waals surface area contributed by atoms with Crippen molar-refractivity contribution in [2.75, 3.05) is 11.9 Å². The van der Waals surface area contributed by atoms with Crippen molar-refractivity contribution in [3.05, 3.63) is 59.3 Å². The number of nitrogens with one attached hydrogen (secondary N) is 1. The SMILES string of the molecule is Cc1cccn2nc(NCc3ccc(CCN)cc3)nc12. The minimum atomic E-state index is 0.648. The van der Waals surface area contributed by atoms with E-state index in [4.69, 9.17) is 5.73 Å². The number of nitrogens with zero attached hydrogens (tertiary/aromatic N) is 3. The number of pyridine rings is 1. The molecule has 3 rings (SSSR count). The van der Waals surface area contributed by atoms with Crippen LogP contribution in [0.15, 0.2) is 42.6 Å². The Labute approximate surface area is 123 Å². The number of anilines is 1. The van der Waals surface area contributed by atoms with Gasteiger partial charge in [0.15, 0.2) is 5.65 Å². The summed E-state index contributed by atoms with van der Waals surface area (Å²) in [4.78, 5) is 4.50. The van der Waals surface area contributed by atoms with Gasteiger partial charge in [0.1, 0.15) is 0 Å². The number of aromatic nitrogens is 3. The lowest BCUT2D eigenvalue weighted by molar-refractivity contribution is 0.944. The molecule has 0 aliphatic carbocycles. The topological polar surface area (TPSA) is 68.2 Å². The zero-order chi connectivity index (χ0) is 14.7. The van der Waals surface area contributed by atoms with E-state index in [9.17, 15) is 0 Å². The highest BCUT2D eigenvalue weighted by Crippen LogP contribution is 2.11. The van der Waals surface area contributed by atoms with E-state index in [1.807, 2.05) is 25.3 Å². The Bertz CT molecular complexity index is 730. The van der Waals surface area contributed by atoms with Crippen LogP contribution in [0.1, 0.15) is 16.7 Å². The first-order valence-electron chi connectivity index (χ1n) is 7.10. The molecule has 0 atom stereocenters. The summed E-state index contributed by atoms with van der Waals surface area (Å²) >= 11 is 0. The first-order valence-corrected chi connectivity index (χ1v) is 7.10. The van der Waals surface area contributed by atoms with Crippen molar-refractivity contribution in [1.82, 2.24) is 14.6 Å². The number of fused-ring (bicyclic) bond motifs is 1. The molecule has 3 aromatic rings. The number of benzene rings is 1. The highest BCUT2D eigenvalue weighted by Gasteiger charge is 2.04. The highest BCUT2D eigenvalue weighted by atomic mass is 15.3. The second kappa shape index (κ2) is 5.93. The summed E-state index contributed by atoms with van der Waals surface area (Å²) in [5.41, 5.74) is 10.0. The van der Waals surface area contributed by atoms with Gasteiger partial charge in [0.25, 0.3) is 0 Å². The van der Waals surface area contributed by atoms with Crippen LogP contribution in [-0.4, -0.2) is 21.1 Å². The van der Waals surface area contributed by atoms with Crippen LogP contribution in [0.25, 0.3) is 5.65 Å². The van der Waals surface area contributed by atoms with Gasteiger partial charge in [0.05, 0.1) is 0 Å². The molecule has 21 heavy (non-hydrogen) atoms. The lowest BCUT2D eigenvalue weighted by Crippen LogP contribution is -2.04. The van der Waals surface area contributed by atoms with Crippen LogP contribution in [-0.2, 0) is 13.0 Å². The number of nitrogens with two attached hydrogens (primary N) is 1. The second-order valence-electron chi connectivity index (χ2n) is 5.10. The third-order valence-corrected chi connectivity index (χ3v) is 3.46. The van der Waals surface area contributed by atoms with Gasteiger partial charge in [-0.25, -0.2) is 4.52 Å². The highest BCUT2D eigenvalue weighted by molar-refractivity contribution is 5.49. The minimum absolute atomic E-state index is 0.648. The number of rotatable bonds is 5. The molecular weight excluding hydrogens is 262 g/mol.